The lowest BCUT2D eigenvalue weighted by molar-refractivity contribution is -0.147. The van der Waals surface area contributed by atoms with Crippen molar-refractivity contribution in [3.05, 3.63) is 58.1 Å². The molecule has 166 valence electrons. The number of ether oxygens (including phenoxy) is 3. The number of halogens is 1. The van der Waals surface area contributed by atoms with E-state index in [2.05, 4.69) is 0 Å². The second-order valence-corrected chi connectivity index (χ2v) is 8.76. The van der Waals surface area contributed by atoms with Gasteiger partial charge in [-0.15, -0.1) is 0 Å². The third-order valence-electron chi connectivity index (χ3n) is 4.86. The molecule has 8 heteroatoms. The first-order chi connectivity index (χ1) is 14.6. The van der Waals surface area contributed by atoms with E-state index >= 15 is 0 Å². The summed E-state index contributed by atoms with van der Waals surface area (Å²) < 4.78 is 16.3. The zero-order chi connectivity index (χ0) is 22.8. The van der Waals surface area contributed by atoms with Gasteiger partial charge in [-0.25, -0.2) is 9.59 Å². The van der Waals surface area contributed by atoms with Gasteiger partial charge in [-0.1, -0.05) is 17.7 Å². The van der Waals surface area contributed by atoms with Crippen molar-refractivity contribution in [3.8, 4) is 5.75 Å². The standard InChI is InChI=1S/C23H27ClN2O5/c1-23(2,3)31-22(28)26-10-9-14-12-17(6-7-18(14)20(26)21(27)29-4)30-13-15-11-16(25)5-8-19(15)24/h5-8,11-12,20H,9-10,13,25H2,1-4H3/t20-/m1/s1. The first-order valence-electron chi connectivity index (χ1n) is 9.96. The molecule has 1 amide bonds. The molecule has 0 unspecified atom stereocenters. The predicted octanol–water partition coefficient (Wildman–Crippen LogP) is 4.51. The molecule has 0 fully saturated rings. The molecule has 0 saturated carbocycles. The van der Waals surface area contributed by atoms with Crippen LogP contribution in [0.2, 0.25) is 5.02 Å². The summed E-state index contributed by atoms with van der Waals surface area (Å²) in [7, 11) is 1.30. The van der Waals surface area contributed by atoms with Gasteiger partial charge in [0, 0.05) is 22.8 Å². The highest BCUT2D eigenvalue weighted by molar-refractivity contribution is 6.31. The number of hydrogen-bond donors (Lipinski definition) is 1. The van der Waals surface area contributed by atoms with Gasteiger partial charge in [-0.3, -0.25) is 4.90 Å². The van der Waals surface area contributed by atoms with Crippen LogP contribution in [0.4, 0.5) is 10.5 Å². The SMILES string of the molecule is COC(=O)[C@H]1c2ccc(OCc3cc(N)ccc3Cl)cc2CCN1C(=O)OC(C)(C)C. The molecular weight excluding hydrogens is 420 g/mol. The van der Waals surface area contributed by atoms with Crippen LogP contribution in [0.5, 0.6) is 5.75 Å². The first kappa shape index (κ1) is 22.7. The summed E-state index contributed by atoms with van der Waals surface area (Å²) in [5.74, 6) is 0.110. The second-order valence-electron chi connectivity index (χ2n) is 8.35. The fourth-order valence-electron chi connectivity index (χ4n) is 3.44. The molecule has 2 aromatic carbocycles. The number of rotatable bonds is 4. The Kier molecular flexibility index (Phi) is 6.65. The van der Waals surface area contributed by atoms with Crippen molar-refractivity contribution in [2.75, 3.05) is 19.4 Å². The average Bonchev–Trinajstić information content (AvgIpc) is 2.71. The van der Waals surface area contributed by atoms with Gasteiger partial charge in [-0.05, 0) is 68.7 Å². The van der Waals surface area contributed by atoms with Gasteiger partial charge >= 0.3 is 12.1 Å². The molecule has 0 radical (unpaired) electrons. The summed E-state index contributed by atoms with van der Waals surface area (Å²) in [6, 6.07) is 9.77. The molecule has 0 aliphatic carbocycles. The topological polar surface area (TPSA) is 91.1 Å². The van der Waals surface area contributed by atoms with Gasteiger partial charge in [0.15, 0.2) is 6.04 Å². The molecule has 7 nitrogen and oxygen atoms in total. The van der Waals surface area contributed by atoms with Crippen LogP contribution in [-0.2, 0) is 27.3 Å². The van der Waals surface area contributed by atoms with E-state index in [0.29, 0.717) is 35.0 Å². The molecule has 0 aromatic heterocycles. The van der Waals surface area contributed by atoms with E-state index in [4.69, 9.17) is 31.5 Å². The van der Waals surface area contributed by atoms with Crippen molar-refractivity contribution in [1.82, 2.24) is 4.90 Å². The minimum absolute atomic E-state index is 0.257. The number of carbonyl (C=O) groups excluding carboxylic acids is 2. The smallest absolute Gasteiger partial charge is 0.411 e. The van der Waals surface area contributed by atoms with Crippen LogP contribution in [-0.4, -0.2) is 36.2 Å². The van der Waals surface area contributed by atoms with Crippen molar-refractivity contribution in [2.45, 2.75) is 45.4 Å². The number of fused-ring (bicyclic) bond motifs is 1. The zero-order valence-electron chi connectivity index (χ0n) is 18.1. The summed E-state index contributed by atoms with van der Waals surface area (Å²) in [6.45, 7) is 5.93. The zero-order valence-corrected chi connectivity index (χ0v) is 18.9. The first-order valence-corrected chi connectivity index (χ1v) is 10.3. The highest BCUT2D eigenvalue weighted by atomic mass is 35.5. The number of methoxy groups -OCH3 is 1. The van der Waals surface area contributed by atoms with Crippen molar-refractivity contribution < 1.29 is 23.8 Å². The van der Waals surface area contributed by atoms with Crippen molar-refractivity contribution in [3.63, 3.8) is 0 Å². The Morgan fingerprint density at radius 1 is 1.19 bits per heavy atom. The van der Waals surface area contributed by atoms with Gasteiger partial charge in [0.05, 0.1) is 7.11 Å². The van der Waals surface area contributed by atoms with E-state index in [0.717, 1.165) is 11.1 Å². The van der Waals surface area contributed by atoms with Crippen molar-refractivity contribution in [1.29, 1.82) is 0 Å². The highest BCUT2D eigenvalue weighted by Gasteiger charge is 2.39. The second kappa shape index (κ2) is 9.06. The summed E-state index contributed by atoms with van der Waals surface area (Å²) in [5.41, 5.74) is 8.14. The van der Waals surface area contributed by atoms with Gasteiger partial charge < -0.3 is 19.9 Å². The van der Waals surface area contributed by atoms with Crippen LogP contribution in [0.15, 0.2) is 36.4 Å². The van der Waals surface area contributed by atoms with Crippen LogP contribution >= 0.6 is 11.6 Å². The molecule has 0 saturated heterocycles. The summed E-state index contributed by atoms with van der Waals surface area (Å²) in [6.07, 6.45) is 0.00313. The van der Waals surface area contributed by atoms with E-state index in [-0.39, 0.29) is 6.61 Å². The van der Waals surface area contributed by atoms with Gasteiger partial charge in [-0.2, -0.15) is 0 Å². The normalized spacial score (nSPS) is 15.8. The predicted molar refractivity (Wildman–Crippen MR) is 118 cm³/mol. The molecular formula is C23H27ClN2O5. The Morgan fingerprint density at radius 2 is 1.94 bits per heavy atom. The molecule has 0 bridgehead atoms. The number of nitrogen functional groups attached to an aromatic ring is 1. The van der Waals surface area contributed by atoms with Crippen LogP contribution in [0, 0.1) is 0 Å². The molecule has 1 aliphatic heterocycles. The number of carbonyl (C=O) groups is 2. The maximum atomic E-state index is 12.7. The van der Waals surface area contributed by atoms with Crippen molar-refractivity contribution >= 4 is 29.4 Å². The average molecular weight is 447 g/mol. The van der Waals surface area contributed by atoms with Gasteiger partial charge in [0.25, 0.3) is 0 Å². The van der Waals surface area contributed by atoms with E-state index < -0.39 is 23.7 Å². The summed E-state index contributed by atoms with van der Waals surface area (Å²) in [4.78, 5) is 26.6. The summed E-state index contributed by atoms with van der Waals surface area (Å²) in [5, 5.41) is 0.575. The Bertz CT molecular complexity index is 986. The lowest BCUT2D eigenvalue weighted by Gasteiger charge is -2.36. The monoisotopic (exact) mass is 446 g/mol. The molecule has 3 rings (SSSR count). The van der Waals surface area contributed by atoms with E-state index in [1.807, 2.05) is 6.07 Å². The molecule has 1 heterocycles. The Morgan fingerprint density at radius 3 is 2.61 bits per heavy atom. The molecule has 2 N–H and O–H groups in total. The molecule has 31 heavy (non-hydrogen) atoms. The van der Waals surface area contributed by atoms with Crippen molar-refractivity contribution in [2.24, 2.45) is 0 Å². The fourth-order valence-corrected chi connectivity index (χ4v) is 3.61. The number of esters is 1. The fraction of sp³-hybridized carbons (Fsp3) is 0.391. The number of hydrogen-bond acceptors (Lipinski definition) is 6. The number of nitrogens with two attached hydrogens (primary N) is 1. The lowest BCUT2D eigenvalue weighted by Crippen LogP contribution is -2.46. The molecule has 0 spiro atoms. The minimum atomic E-state index is -0.874. The van der Waals surface area contributed by atoms with Crippen LogP contribution < -0.4 is 10.5 Å². The third-order valence-corrected chi connectivity index (χ3v) is 5.23. The quantitative estimate of drug-likeness (QED) is 0.549. The van der Waals surface area contributed by atoms with Gasteiger partial charge in [0.1, 0.15) is 18.0 Å². The number of anilines is 1. The maximum absolute atomic E-state index is 12.7. The minimum Gasteiger partial charge on any atom is -0.489 e. The molecule has 1 aliphatic rings. The van der Waals surface area contributed by atoms with Crippen LogP contribution in [0.25, 0.3) is 0 Å². The largest absolute Gasteiger partial charge is 0.489 e. The Balaban J connectivity index is 1.83. The number of nitrogens with zero attached hydrogens (tertiary/aromatic N) is 1. The van der Waals surface area contributed by atoms with E-state index in [9.17, 15) is 9.59 Å². The number of amides is 1. The Hall–Kier alpha value is -2.93. The third kappa shape index (κ3) is 5.41. The molecule has 2 aromatic rings. The number of benzene rings is 2. The van der Waals surface area contributed by atoms with Gasteiger partial charge in [0.2, 0.25) is 0 Å². The maximum Gasteiger partial charge on any atom is 0.411 e. The van der Waals surface area contributed by atoms with E-state index in [1.54, 1.807) is 51.1 Å². The Labute approximate surface area is 187 Å². The highest BCUT2D eigenvalue weighted by Crippen LogP contribution is 2.34. The summed E-state index contributed by atoms with van der Waals surface area (Å²) >= 11 is 6.20. The van der Waals surface area contributed by atoms with Crippen LogP contribution in [0.3, 0.4) is 0 Å². The lowest BCUT2D eigenvalue weighted by atomic mass is 9.92. The van der Waals surface area contributed by atoms with E-state index in [1.165, 1.54) is 12.0 Å². The molecule has 1 atom stereocenters. The van der Waals surface area contributed by atoms with Crippen LogP contribution in [0.1, 0.15) is 43.5 Å².